The molecule has 2 rings (SSSR count). The molecule has 0 bridgehead atoms. The molecule has 2 aromatic rings. The van der Waals surface area contributed by atoms with E-state index in [0.29, 0.717) is 30.9 Å². The lowest BCUT2D eigenvalue weighted by atomic mass is 9.86. The van der Waals surface area contributed by atoms with Crippen molar-refractivity contribution < 1.29 is 14.7 Å². The SMILES string of the molecule is C=C[C@@H](C[C@@H](O)[C@H](CC(C)C)NC(=O)[C@H](Cc1cnc[nH]1)NC(=O)[C@@H](N)Cc1ccccc1)C(C)C. The molecule has 0 spiro atoms. The minimum Gasteiger partial charge on any atom is -0.391 e. The highest BCUT2D eigenvalue weighted by Crippen LogP contribution is 2.22. The molecule has 0 fully saturated rings. The first kappa shape index (κ1) is 29.3. The Bertz CT molecular complexity index is 930. The smallest absolute Gasteiger partial charge is 0.243 e. The Labute approximate surface area is 215 Å². The normalized spacial score (nSPS) is 15.7. The molecule has 0 aliphatic carbocycles. The van der Waals surface area contributed by atoms with Crippen LogP contribution in [0.1, 0.15) is 51.8 Å². The summed E-state index contributed by atoms with van der Waals surface area (Å²) in [6.07, 6.45) is 5.95. The van der Waals surface area contributed by atoms with Gasteiger partial charge < -0.3 is 26.5 Å². The van der Waals surface area contributed by atoms with Gasteiger partial charge in [-0.1, -0.05) is 64.1 Å². The molecule has 8 nitrogen and oxygen atoms in total. The van der Waals surface area contributed by atoms with Crippen molar-refractivity contribution in [3.05, 3.63) is 66.8 Å². The number of aliphatic hydroxyl groups is 1. The van der Waals surface area contributed by atoms with E-state index in [2.05, 4.69) is 41.0 Å². The van der Waals surface area contributed by atoms with Crippen LogP contribution in [0.15, 0.2) is 55.5 Å². The highest BCUT2D eigenvalue weighted by molar-refractivity contribution is 5.90. The summed E-state index contributed by atoms with van der Waals surface area (Å²) in [5.74, 6) is -0.0690. The number of allylic oxidation sites excluding steroid dienone is 1. The maximum atomic E-state index is 13.4. The first-order valence-corrected chi connectivity index (χ1v) is 12.8. The van der Waals surface area contributed by atoms with Crippen LogP contribution < -0.4 is 16.4 Å². The number of amides is 2. The average molecular weight is 498 g/mol. The average Bonchev–Trinajstić information content (AvgIpc) is 3.34. The highest BCUT2D eigenvalue weighted by atomic mass is 16.3. The van der Waals surface area contributed by atoms with Crippen molar-refractivity contribution in [2.75, 3.05) is 0 Å². The van der Waals surface area contributed by atoms with Gasteiger partial charge in [0.05, 0.1) is 24.5 Å². The van der Waals surface area contributed by atoms with Crippen molar-refractivity contribution in [1.82, 2.24) is 20.6 Å². The number of imidazole rings is 1. The second-order valence-corrected chi connectivity index (χ2v) is 10.3. The Kier molecular flexibility index (Phi) is 11.8. The summed E-state index contributed by atoms with van der Waals surface area (Å²) in [4.78, 5) is 33.4. The number of aliphatic hydroxyl groups excluding tert-OH is 1. The van der Waals surface area contributed by atoms with Crippen LogP contribution in [0, 0.1) is 17.8 Å². The van der Waals surface area contributed by atoms with E-state index in [-0.39, 0.29) is 24.2 Å². The quantitative estimate of drug-likeness (QED) is 0.241. The van der Waals surface area contributed by atoms with Gasteiger partial charge in [-0.15, -0.1) is 6.58 Å². The maximum Gasteiger partial charge on any atom is 0.243 e. The number of nitrogens with two attached hydrogens (primary N) is 1. The third kappa shape index (κ3) is 9.59. The number of H-pyrrole nitrogens is 1. The van der Waals surface area contributed by atoms with Crippen molar-refractivity contribution in [2.24, 2.45) is 23.5 Å². The van der Waals surface area contributed by atoms with Crippen LogP contribution >= 0.6 is 0 Å². The summed E-state index contributed by atoms with van der Waals surface area (Å²) < 4.78 is 0. The van der Waals surface area contributed by atoms with Gasteiger partial charge in [0.2, 0.25) is 11.8 Å². The monoisotopic (exact) mass is 497 g/mol. The lowest BCUT2D eigenvalue weighted by molar-refractivity contribution is -0.130. The van der Waals surface area contributed by atoms with E-state index in [9.17, 15) is 14.7 Å². The van der Waals surface area contributed by atoms with E-state index in [1.54, 1.807) is 6.20 Å². The molecule has 0 aliphatic heterocycles. The third-order valence-electron chi connectivity index (χ3n) is 6.44. The van der Waals surface area contributed by atoms with Crippen LogP contribution in [0.5, 0.6) is 0 Å². The summed E-state index contributed by atoms with van der Waals surface area (Å²) in [6, 6.07) is 7.37. The summed E-state index contributed by atoms with van der Waals surface area (Å²) in [6.45, 7) is 12.2. The van der Waals surface area contributed by atoms with E-state index < -0.39 is 30.1 Å². The number of carbonyl (C=O) groups is 2. The van der Waals surface area contributed by atoms with E-state index >= 15 is 0 Å². The minimum absolute atomic E-state index is 0.128. The molecule has 0 unspecified atom stereocenters. The Morgan fingerprint density at radius 2 is 1.78 bits per heavy atom. The molecule has 8 heteroatoms. The molecule has 6 N–H and O–H groups in total. The number of hydrogen-bond donors (Lipinski definition) is 5. The molecule has 1 heterocycles. The first-order chi connectivity index (χ1) is 17.1. The van der Waals surface area contributed by atoms with E-state index in [4.69, 9.17) is 5.73 Å². The van der Waals surface area contributed by atoms with Crippen LogP contribution in [0.4, 0.5) is 0 Å². The molecule has 0 radical (unpaired) electrons. The second kappa shape index (κ2) is 14.6. The fourth-order valence-corrected chi connectivity index (χ4v) is 4.25. The van der Waals surface area contributed by atoms with Gasteiger partial charge in [-0.05, 0) is 42.6 Å². The molecular formula is C28H43N5O3. The molecule has 198 valence electrons. The lowest BCUT2D eigenvalue weighted by Gasteiger charge is -2.30. The lowest BCUT2D eigenvalue weighted by Crippen LogP contribution is -2.56. The van der Waals surface area contributed by atoms with E-state index in [0.717, 1.165) is 5.56 Å². The third-order valence-corrected chi connectivity index (χ3v) is 6.44. The van der Waals surface area contributed by atoms with Crippen LogP contribution in [-0.2, 0) is 22.4 Å². The van der Waals surface area contributed by atoms with Crippen LogP contribution in [0.25, 0.3) is 0 Å². The second-order valence-electron chi connectivity index (χ2n) is 10.3. The molecule has 36 heavy (non-hydrogen) atoms. The largest absolute Gasteiger partial charge is 0.391 e. The number of nitrogens with one attached hydrogen (secondary N) is 3. The number of nitrogens with zero attached hydrogens (tertiary/aromatic N) is 1. The van der Waals surface area contributed by atoms with Crippen LogP contribution in [0.2, 0.25) is 0 Å². The Balaban J connectivity index is 2.15. The van der Waals surface area contributed by atoms with Gasteiger partial charge in [0, 0.05) is 18.3 Å². The molecule has 2 amide bonds. The zero-order valence-corrected chi connectivity index (χ0v) is 22.0. The van der Waals surface area contributed by atoms with E-state index in [1.165, 1.54) is 6.33 Å². The summed E-state index contributed by atoms with van der Waals surface area (Å²) in [5.41, 5.74) is 7.82. The Morgan fingerprint density at radius 1 is 1.08 bits per heavy atom. The fraction of sp³-hybridized carbons (Fsp3) is 0.536. The number of rotatable bonds is 15. The van der Waals surface area contributed by atoms with Crippen molar-refractivity contribution in [3.8, 4) is 0 Å². The Morgan fingerprint density at radius 3 is 2.33 bits per heavy atom. The Hall–Kier alpha value is -2.97. The number of hydrogen-bond acceptors (Lipinski definition) is 5. The standard InChI is InChI=1S/C28H43N5O3/c1-6-21(19(4)5)14-26(34)24(12-18(2)3)32-28(36)25(15-22-16-30-17-31-22)33-27(35)23(29)13-20-10-8-7-9-11-20/h6-11,16-19,21,23-26,34H,1,12-15,29H2,2-5H3,(H,30,31)(H,32,36)(H,33,35)/t21-,23-,24-,25-,26+/m0/s1. The van der Waals surface area contributed by atoms with Gasteiger partial charge >= 0.3 is 0 Å². The topological polar surface area (TPSA) is 133 Å². The van der Waals surface area contributed by atoms with Gasteiger partial charge in [-0.3, -0.25) is 9.59 Å². The molecule has 0 saturated carbocycles. The van der Waals surface area contributed by atoms with Crippen molar-refractivity contribution >= 4 is 11.8 Å². The van der Waals surface area contributed by atoms with Crippen molar-refractivity contribution in [2.45, 2.75) is 77.6 Å². The maximum absolute atomic E-state index is 13.4. The van der Waals surface area contributed by atoms with Crippen molar-refractivity contribution in [1.29, 1.82) is 0 Å². The van der Waals surface area contributed by atoms with Gasteiger partial charge in [0.15, 0.2) is 0 Å². The summed E-state index contributed by atoms with van der Waals surface area (Å²) in [7, 11) is 0. The minimum atomic E-state index is -0.873. The molecule has 0 aliphatic rings. The fourth-order valence-electron chi connectivity index (χ4n) is 4.25. The molecular weight excluding hydrogens is 454 g/mol. The molecule has 0 saturated heterocycles. The zero-order chi connectivity index (χ0) is 26.7. The predicted molar refractivity (Wildman–Crippen MR) is 143 cm³/mol. The van der Waals surface area contributed by atoms with Gasteiger partial charge in [-0.2, -0.15) is 0 Å². The highest BCUT2D eigenvalue weighted by Gasteiger charge is 2.30. The molecule has 1 aromatic carbocycles. The van der Waals surface area contributed by atoms with Gasteiger partial charge in [0.1, 0.15) is 6.04 Å². The number of benzene rings is 1. The predicted octanol–water partition coefficient (Wildman–Crippen LogP) is 2.75. The van der Waals surface area contributed by atoms with Gasteiger partial charge in [0.25, 0.3) is 0 Å². The summed E-state index contributed by atoms with van der Waals surface area (Å²) in [5, 5.41) is 16.9. The van der Waals surface area contributed by atoms with E-state index in [1.807, 2.05) is 50.3 Å². The van der Waals surface area contributed by atoms with Crippen molar-refractivity contribution in [3.63, 3.8) is 0 Å². The van der Waals surface area contributed by atoms with Gasteiger partial charge in [-0.25, -0.2) is 4.98 Å². The number of aromatic amines is 1. The first-order valence-electron chi connectivity index (χ1n) is 12.8. The molecule has 5 atom stereocenters. The summed E-state index contributed by atoms with van der Waals surface area (Å²) >= 11 is 0. The number of carbonyl (C=O) groups excluding carboxylic acids is 2. The van der Waals surface area contributed by atoms with Crippen LogP contribution in [-0.4, -0.2) is 51.1 Å². The molecule has 1 aromatic heterocycles. The van der Waals surface area contributed by atoms with Crippen LogP contribution in [0.3, 0.4) is 0 Å². The zero-order valence-electron chi connectivity index (χ0n) is 22.0. The number of aromatic nitrogens is 2.